The van der Waals surface area contributed by atoms with Crippen LogP contribution in [-0.4, -0.2) is 15.9 Å². The highest BCUT2D eigenvalue weighted by Crippen LogP contribution is 2.14. The van der Waals surface area contributed by atoms with E-state index in [1.54, 1.807) is 13.0 Å². The molecule has 0 unspecified atom stereocenters. The van der Waals surface area contributed by atoms with E-state index >= 15 is 0 Å². The van der Waals surface area contributed by atoms with E-state index in [2.05, 4.69) is 15.3 Å². The zero-order chi connectivity index (χ0) is 18.7. The number of rotatable bonds is 4. The SMILES string of the molecule is Cc1cc(C)c(CNC(=O)c2ccc(-c3ccccc3)[nH]c2=O)c(=O)[nH]1. The van der Waals surface area contributed by atoms with Gasteiger partial charge in [-0.05, 0) is 43.2 Å². The van der Waals surface area contributed by atoms with Crippen LogP contribution in [0.1, 0.15) is 27.2 Å². The molecule has 0 saturated carbocycles. The molecular weight excluding hydrogens is 330 g/mol. The van der Waals surface area contributed by atoms with Gasteiger partial charge in [-0.15, -0.1) is 0 Å². The summed E-state index contributed by atoms with van der Waals surface area (Å²) in [4.78, 5) is 42.0. The first kappa shape index (κ1) is 17.4. The third-order valence-corrected chi connectivity index (χ3v) is 4.16. The number of nitrogens with one attached hydrogen (secondary N) is 3. The lowest BCUT2D eigenvalue weighted by molar-refractivity contribution is 0.0949. The average Bonchev–Trinajstić information content (AvgIpc) is 2.61. The fourth-order valence-corrected chi connectivity index (χ4v) is 2.80. The molecule has 0 aliphatic heterocycles. The molecule has 1 aromatic carbocycles. The Balaban J connectivity index is 1.79. The summed E-state index contributed by atoms with van der Waals surface area (Å²) in [6.45, 7) is 3.66. The number of carbonyl (C=O) groups is 1. The average molecular weight is 349 g/mol. The molecule has 0 atom stereocenters. The molecule has 2 heterocycles. The van der Waals surface area contributed by atoms with E-state index < -0.39 is 11.5 Å². The number of amides is 1. The van der Waals surface area contributed by atoms with Crippen molar-refractivity contribution >= 4 is 5.91 Å². The maximum Gasteiger partial charge on any atom is 0.261 e. The minimum absolute atomic E-state index is 0.00544. The topological polar surface area (TPSA) is 94.8 Å². The molecule has 0 spiro atoms. The van der Waals surface area contributed by atoms with Gasteiger partial charge in [0, 0.05) is 23.5 Å². The molecular formula is C20H19N3O3. The lowest BCUT2D eigenvalue weighted by Crippen LogP contribution is -2.31. The fraction of sp³-hybridized carbons (Fsp3) is 0.150. The third-order valence-electron chi connectivity index (χ3n) is 4.16. The van der Waals surface area contributed by atoms with Crippen LogP contribution >= 0.6 is 0 Å². The van der Waals surface area contributed by atoms with Crippen molar-refractivity contribution in [3.63, 3.8) is 0 Å². The first-order chi connectivity index (χ1) is 12.5. The van der Waals surface area contributed by atoms with Crippen molar-refractivity contribution in [3.8, 4) is 11.3 Å². The summed E-state index contributed by atoms with van der Waals surface area (Å²) in [6.07, 6.45) is 0. The quantitative estimate of drug-likeness (QED) is 0.674. The second kappa shape index (κ2) is 7.23. The Morgan fingerprint density at radius 3 is 2.35 bits per heavy atom. The van der Waals surface area contributed by atoms with E-state index in [0.29, 0.717) is 11.3 Å². The number of carbonyl (C=O) groups excluding carboxylic acids is 1. The van der Waals surface area contributed by atoms with Gasteiger partial charge in [-0.3, -0.25) is 14.4 Å². The monoisotopic (exact) mass is 349 g/mol. The summed E-state index contributed by atoms with van der Waals surface area (Å²) in [5, 5.41) is 2.64. The van der Waals surface area contributed by atoms with E-state index in [4.69, 9.17) is 0 Å². The zero-order valence-electron chi connectivity index (χ0n) is 14.6. The number of hydrogen-bond donors (Lipinski definition) is 3. The molecule has 0 aliphatic carbocycles. The van der Waals surface area contributed by atoms with Crippen LogP contribution in [0.4, 0.5) is 0 Å². The van der Waals surface area contributed by atoms with Gasteiger partial charge in [0.1, 0.15) is 5.56 Å². The Kier molecular flexibility index (Phi) is 4.84. The Bertz CT molecular complexity index is 1070. The predicted octanol–water partition coefficient (Wildman–Crippen LogP) is 2.28. The number of aryl methyl sites for hydroxylation is 2. The van der Waals surface area contributed by atoms with Gasteiger partial charge in [0.2, 0.25) is 0 Å². The number of H-pyrrole nitrogens is 2. The third kappa shape index (κ3) is 3.64. The Morgan fingerprint density at radius 1 is 0.962 bits per heavy atom. The van der Waals surface area contributed by atoms with Gasteiger partial charge in [-0.1, -0.05) is 30.3 Å². The summed E-state index contributed by atoms with van der Waals surface area (Å²) >= 11 is 0. The molecule has 6 nitrogen and oxygen atoms in total. The number of pyridine rings is 2. The number of aromatic amines is 2. The molecule has 3 N–H and O–H groups in total. The fourth-order valence-electron chi connectivity index (χ4n) is 2.80. The smallest absolute Gasteiger partial charge is 0.261 e. The predicted molar refractivity (Wildman–Crippen MR) is 100 cm³/mol. The number of benzene rings is 1. The number of aromatic nitrogens is 2. The lowest BCUT2D eigenvalue weighted by Gasteiger charge is -2.08. The van der Waals surface area contributed by atoms with Gasteiger partial charge in [0.15, 0.2) is 0 Å². The van der Waals surface area contributed by atoms with Crippen LogP contribution in [-0.2, 0) is 6.54 Å². The second-order valence-electron chi connectivity index (χ2n) is 6.11. The molecule has 0 radical (unpaired) electrons. The first-order valence-electron chi connectivity index (χ1n) is 8.22. The van der Waals surface area contributed by atoms with Gasteiger partial charge >= 0.3 is 0 Å². The standard InChI is InChI=1S/C20H19N3O3/c1-12-10-13(2)22-20(26)16(12)11-21-18(24)15-8-9-17(23-19(15)25)14-6-4-3-5-7-14/h3-10H,11H2,1-2H3,(H,21,24)(H,22,26)(H,23,25). The summed E-state index contributed by atoms with van der Waals surface area (Å²) in [5.74, 6) is -0.523. The first-order valence-corrected chi connectivity index (χ1v) is 8.22. The maximum absolute atomic E-state index is 12.3. The van der Waals surface area contributed by atoms with Crippen LogP contribution in [0.25, 0.3) is 11.3 Å². The molecule has 6 heteroatoms. The molecule has 26 heavy (non-hydrogen) atoms. The van der Waals surface area contributed by atoms with Crippen molar-refractivity contribution in [2.24, 2.45) is 0 Å². The van der Waals surface area contributed by atoms with Crippen LogP contribution in [0.15, 0.2) is 58.1 Å². The van der Waals surface area contributed by atoms with Crippen molar-refractivity contribution in [2.45, 2.75) is 20.4 Å². The normalized spacial score (nSPS) is 10.5. The van der Waals surface area contributed by atoms with Crippen LogP contribution in [0.3, 0.4) is 0 Å². The van der Waals surface area contributed by atoms with E-state index in [1.807, 2.05) is 43.3 Å². The Hall–Kier alpha value is -3.41. The van der Waals surface area contributed by atoms with Crippen LogP contribution < -0.4 is 16.4 Å². The maximum atomic E-state index is 12.3. The largest absolute Gasteiger partial charge is 0.348 e. The highest BCUT2D eigenvalue weighted by Gasteiger charge is 2.13. The van der Waals surface area contributed by atoms with Crippen LogP contribution in [0.5, 0.6) is 0 Å². The van der Waals surface area contributed by atoms with Crippen LogP contribution in [0.2, 0.25) is 0 Å². The molecule has 3 aromatic rings. The summed E-state index contributed by atoms with van der Waals surface area (Å²) < 4.78 is 0. The Labute approximate surface area is 149 Å². The molecule has 0 bridgehead atoms. The van der Waals surface area contributed by atoms with Crippen LogP contribution in [0, 0.1) is 13.8 Å². The van der Waals surface area contributed by atoms with Crippen molar-refractivity contribution in [3.05, 3.63) is 91.6 Å². The van der Waals surface area contributed by atoms with E-state index in [-0.39, 0.29) is 17.7 Å². The molecule has 3 rings (SSSR count). The van der Waals surface area contributed by atoms with Gasteiger partial charge < -0.3 is 15.3 Å². The molecule has 2 aromatic heterocycles. The van der Waals surface area contributed by atoms with Crippen molar-refractivity contribution in [1.29, 1.82) is 0 Å². The van der Waals surface area contributed by atoms with E-state index in [9.17, 15) is 14.4 Å². The Morgan fingerprint density at radius 2 is 1.69 bits per heavy atom. The lowest BCUT2D eigenvalue weighted by atomic mass is 10.1. The van der Waals surface area contributed by atoms with E-state index in [1.165, 1.54) is 6.07 Å². The van der Waals surface area contributed by atoms with Gasteiger partial charge in [0.25, 0.3) is 17.0 Å². The number of hydrogen-bond acceptors (Lipinski definition) is 3. The van der Waals surface area contributed by atoms with E-state index in [0.717, 1.165) is 16.8 Å². The van der Waals surface area contributed by atoms with Crippen molar-refractivity contribution in [2.75, 3.05) is 0 Å². The van der Waals surface area contributed by atoms with Gasteiger partial charge in [-0.25, -0.2) is 0 Å². The summed E-state index contributed by atoms with van der Waals surface area (Å²) in [7, 11) is 0. The zero-order valence-corrected chi connectivity index (χ0v) is 14.6. The minimum atomic E-state index is -0.523. The molecule has 0 aliphatic rings. The summed E-state index contributed by atoms with van der Waals surface area (Å²) in [6, 6.07) is 14.4. The summed E-state index contributed by atoms with van der Waals surface area (Å²) in [5.41, 5.74) is 2.81. The van der Waals surface area contributed by atoms with Gasteiger partial charge in [0.05, 0.1) is 0 Å². The van der Waals surface area contributed by atoms with Gasteiger partial charge in [-0.2, -0.15) is 0 Å². The molecule has 0 saturated heterocycles. The highest BCUT2D eigenvalue weighted by atomic mass is 16.2. The van der Waals surface area contributed by atoms with Crippen molar-refractivity contribution in [1.82, 2.24) is 15.3 Å². The molecule has 0 fully saturated rings. The van der Waals surface area contributed by atoms with Crippen molar-refractivity contribution < 1.29 is 4.79 Å². The highest BCUT2D eigenvalue weighted by molar-refractivity contribution is 5.94. The minimum Gasteiger partial charge on any atom is -0.348 e. The second-order valence-corrected chi connectivity index (χ2v) is 6.11. The molecule has 1 amide bonds. The molecule has 132 valence electrons.